The SMILES string of the molecule is O=C(NC12CC(n3cc(COCCOC(F)(F)F)nn3)(C1)C2)[C@H]1C[C@@H](O)c2cc(Cl)ccc2O1. The number of carbonyl (C=O) groups is 1. The first kappa shape index (κ1) is 23.3. The summed E-state index contributed by atoms with van der Waals surface area (Å²) in [5.74, 6) is 0.168. The quantitative estimate of drug-likeness (QED) is 0.534. The minimum Gasteiger partial charge on any atom is -0.480 e. The number of nitrogens with one attached hydrogen (secondary N) is 1. The van der Waals surface area contributed by atoms with E-state index in [0.717, 1.165) is 0 Å². The number of aliphatic hydroxyl groups excluding tert-OH is 1. The number of carbonyl (C=O) groups excluding carboxylic acids is 1. The molecule has 2 atom stereocenters. The van der Waals surface area contributed by atoms with Gasteiger partial charge in [0.25, 0.3) is 5.91 Å². The number of hydrogen-bond donors (Lipinski definition) is 2. The number of ether oxygens (including phenoxy) is 3. The lowest BCUT2D eigenvalue weighted by Gasteiger charge is -2.69. The third kappa shape index (κ3) is 4.47. The van der Waals surface area contributed by atoms with Crippen LogP contribution in [-0.4, -0.2) is 57.2 Å². The molecule has 3 fully saturated rings. The number of aliphatic hydroxyl groups is 1. The highest BCUT2D eigenvalue weighted by molar-refractivity contribution is 6.30. The molecule has 0 unspecified atom stereocenters. The molecule has 13 heteroatoms. The molecule has 1 aromatic carbocycles. The summed E-state index contributed by atoms with van der Waals surface area (Å²) < 4.78 is 52.1. The number of aromatic nitrogens is 3. The molecule has 2 heterocycles. The predicted octanol–water partition coefficient (Wildman–Crippen LogP) is 2.62. The number of alkyl halides is 3. The lowest BCUT2D eigenvalue weighted by Crippen LogP contribution is -2.79. The highest BCUT2D eigenvalue weighted by Crippen LogP contribution is 2.65. The summed E-state index contributed by atoms with van der Waals surface area (Å²) in [5, 5.41) is 22.1. The van der Waals surface area contributed by atoms with Gasteiger partial charge in [0.05, 0.1) is 37.7 Å². The highest BCUT2D eigenvalue weighted by atomic mass is 35.5. The van der Waals surface area contributed by atoms with Crippen LogP contribution in [0.2, 0.25) is 5.02 Å². The molecule has 1 aliphatic heterocycles. The van der Waals surface area contributed by atoms with Crippen LogP contribution in [0.4, 0.5) is 13.2 Å². The van der Waals surface area contributed by atoms with Gasteiger partial charge in [-0.15, -0.1) is 18.3 Å². The molecule has 184 valence electrons. The van der Waals surface area contributed by atoms with Gasteiger partial charge in [-0.05, 0) is 37.5 Å². The second kappa shape index (κ2) is 8.36. The number of fused-ring (bicyclic) bond motifs is 1. The Balaban J connectivity index is 1.10. The van der Waals surface area contributed by atoms with Gasteiger partial charge in [-0.1, -0.05) is 16.8 Å². The molecule has 9 nitrogen and oxygen atoms in total. The summed E-state index contributed by atoms with van der Waals surface area (Å²) in [7, 11) is 0. The van der Waals surface area contributed by atoms with Crippen molar-refractivity contribution in [2.45, 2.75) is 61.9 Å². The Bertz CT molecular complexity index is 1070. The van der Waals surface area contributed by atoms with Crippen LogP contribution in [0.15, 0.2) is 24.4 Å². The molecule has 0 radical (unpaired) electrons. The topological polar surface area (TPSA) is 108 Å². The molecule has 34 heavy (non-hydrogen) atoms. The zero-order chi connectivity index (χ0) is 24.1. The minimum absolute atomic E-state index is 0.0210. The van der Waals surface area contributed by atoms with Gasteiger partial charge in [-0.3, -0.25) is 9.53 Å². The van der Waals surface area contributed by atoms with Gasteiger partial charge in [0.1, 0.15) is 11.4 Å². The number of benzene rings is 1. The molecule has 1 aromatic heterocycles. The predicted molar refractivity (Wildman–Crippen MR) is 110 cm³/mol. The summed E-state index contributed by atoms with van der Waals surface area (Å²) in [6.07, 6.45) is -2.44. The average Bonchev–Trinajstić information content (AvgIpc) is 3.17. The maximum atomic E-state index is 12.8. The smallest absolute Gasteiger partial charge is 0.480 e. The largest absolute Gasteiger partial charge is 0.522 e. The van der Waals surface area contributed by atoms with Gasteiger partial charge in [-0.2, -0.15) is 0 Å². The molecule has 2 N–H and O–H groups in total. The molecule has 3 saturated carbocycles. The first-order valence-electron chi connectivity index (χ1n) is 10.7. The maximum Gasteiger partial charge on any atom is 0.522 e. The highest BCUT2D eigenvalue weighted by Gasteiger charge is 2.70. The van der Waals surface area contributed by atoms with Crippen LogP contribution in [0.5, 0.6) is 5.75 Å². The van der Waals surface area contributed by atoms with Crippen LogP contribution in [0.1, 0.15) is 43.0 Å². The van der Waals surface area contributed by atoms with Crippen molar-refractivity contribution in [1.82, 2.24) is 20.3 Å². The molecule has 0 spiro atoms. The third-order valence-corrected chi connectivity index (χ3v) is 6.73. The van der Waals surface area contributed by atoms with E-state index in [0.29, 0.717) is 41.3 Å². The Morgan fingerprint density at radius 2 is 2.09 bits per heavy atom. The summed E-state index contributed by atoms with van der Waals surface area (Å²) in [4.78, 5) is 12.8. The second-order valence-corrected chi connectivity index (χ2v) is 9.50. The second-order valence-electron chi connectivity index (χ2n) is 9.07. The molecule has 3 aliphatic carbocycles. The zero-order valence-corrected chi connectivity index (χ0v) is 18.6. The summed E-state index contributed by atoms with van der Waals surface area (Å²) >= 11 is 5.97. The van der Waals surface area contributed by atoms with Gasteiger partial charge in [0.15, 0.2) is 6.10 Å². The van der Waals surface area contributed by atoms with Crippen molar-refractivity contribution in [3.63, 3.8) is 0 Å². The summed E-state index contributed by atoms with van der Waals surface area (Å²) in [6, 6.07) is 4.92. The van der Waals surface area contributed by atoms with E-state index in [4.69, 9.17) is 21.1 Å². The fourth-order valence-electron chi connectivity index (χ4n) is 5.02. The maximum absolute atomic E-state index is 12.8. The van der Waals surface area contributed by atoms with Crippen molar-refractivity contribution in [3.05, 3.63) is 40.7 Å². The molecule has 2 bridgehead atoms. The van der Waals surface area contributed by atoms with Crippen LogP contribution in [0, 0.1) is 0 Å². The first-order valence-corrected chi connectivity index (χ1v) is 11.1. The van der Waals surface area contributed by atoms with Gasteiger partial charge >= 0.3 is 6.36 Å². The number of halogens is 4. The Morgan fingerprint density at radius 1 is 1.32 bits per heavy atom. The van der Waals surface area contributed by atoms with E-state index in [2.05, 4.69) is 20.4 Å². The van der Waals surface area contributed by atoms with Crippen molar-refractivity contribution in [2.24, 2.45) is 0 Å². The normalized spacial score (nSPS) is 29.4. The number of rotatable bonds is 8. The summed E-state index contributed by atoms with van der Waals surface area (Å²) in [5.41, 5.74) is 0.482. The number of nitrogens with zero attached hydrogens (tertiary/aromatic N) is 3. The van der Waals surface area contributed by atoms with E-state index in [1.165, 1.54) is 0 Å². The van der Waals surface area contributed by atoms with Crippen LogP contribution in [0.3, 0.4) is 0 Å². The average molecular weight is 503 g/mol. The Morgan fingerprint density at radius 3 is 2.82 bits per heavy atom. The third-order valence-electron chi connectivity index (χ3n) is 6.49. The van der Waals surface area contributed by atoms with Gasteiger partial charge in [-0.25, -0.2) is 4.68 Å². The van der Waals surface area contributed by atoms with Crippen molar-refractivity contribution in [1.29, 1.82) is 0 Å². The molecule has 2 aromatic rings. The van der Waals surface area contributed by atoms with Gasteiger partial charge < -0.3 is 19.9 Å². The zero-order valence-electron chi connectivity index (χ0n) is 17.8. The van der Waals surface area contributed by atoms with E-state index in [9.17, 15) is 23.1 Å². The standard InChI is InChI=1S/C21H22ClF3N4O5/c22-12-1-2-16-14(5-12)15(30)6-17(34-16)18(31)26-19-9-20(10-19,11-19)29-7-13(27-28-29)8-32-3-4-33-21(23,24)25/h1-2,5,7,15,17,30H,3-4,6,8-11H2,(H,26,31)/t15-,17-,19?,20?/m1/s1. The summed E-state index contributed by atoms with van der Waals surface area (Å²) in [6.45, 7) is -0.791. The lowest BCUT2D eigenvalue weighted by atomic mass is 9.44. The van der Waals surface area contributed by atoms with Crippen LogP contribution in [-0.2, 0) is 26.4 Å². The van der Waals surface area contributed by atoms with E-state index in [1.54, 1.807) is 29.1 Å². The Labute approximate surface area is 197 Å². The minimum atomic E-state index is -4.68. The number of amides is 1. The molecule has 0 saturated heterocycles. The fourth-order valence-corrected chi connectivity index (χ4v) is 5.20. The fraction of sp³-hybridized carbons (Fsp3) is 0.571. The van der Waals surface area contributed by atoms with Crippen LogP contribution in [0.25, 0.3) is 0 Å². The first-order chi connectivity index (χ1) is 16.1. The van der Waals surface area contributed by atoms with Crippen molar-refractivity contribution in [2.75, 3.05) is 13.2 Å². The molecule has 4 aliphatic rings. The molecular weight excluding hydrogens is 481 g/mol. The van der Waals surface area contributed by atoms with Crippen LogP contribution < -0.4 is 10.1 Å². The Kier molecular flexibility index (Phi) is 5.74. The van der Waals surface area contributed by atoms with E-state index in [-0.39, 0.29) is 36.6 Å². The van der Waals surface area contributed by atoms with Crippen molar-refractivity contribution < 1.29 is 37.3 Å². The molecular formula is C21H22ClF3N4O5. The lowest BCUT2D eigenvalue weighted by molar-refractivity contribution is -0.327. The van der Waals surface area contributed by atoms with E-state index in [1.807, 2.05) is 0 Å². The Hall–Kier alpha value is -2.41. The molecule has 1 amide bonds. The van der Waals surface area contributed by atoms with Crippen molar-refractivity contribution in [3.8, 4) is 5.75 Å². The van der Waals surface area contributed by atoms with E-state index >= 15 is 0 Å². The van der Waals surface area contributed by atoms with Gasteiger partial charge in [0.2, 0.25) is 0 Å². The van der Waals surface area contributed by atoms with Crippen molar-refractivity contribution >= 4 is 17.5 Å². The molecule has 6 rings (SSSR count). The number of hydrogen-bond acceptors (Lipinski definition) is 7. The van der Waals surface area contributed by atoms with Gasteiger partial charge in [0, 0.05) is 22.5 Å². The van der Waals surface area contributed by atoms with E-state index < -0.39 is 25.2 Å². The van der Waals surface area contributed by atoms with Crippen LogP contribution >= 0.6 is 11.6 Å². The monoisotopic (exact) mass is 502 g/mol.